The Hall–Kier alpha value is -1.81. The van der Waals surface area contributed by atoms with Crippen LogP contribution in [0.25, 0.3) is 10.9 Å². The van der Waals surface area contributed by atoms with E-state index in [2.05, 4.69) is 16.9 Å². The Bertz CT molecular complexity index is 806. The van der Waals surface area contributed by atoms with Crippen LogP contribution >= 0.6 is 0 Å². The Morgan fingerprint density at radius 2 is 2.14 bits per heavy atom. The molecule has 2 aliphatic rings. The Morgan fingerprint density at radius 1 is 1.38 bits per heavy atom. The summed E-state index contributed by atoms with van der Waals surface area (Å²) in [6, 6.07) is 2.15. The predicted octanol–water partition coefficient (Wildman–Crippen LogP) is 2.95. The lowest BCUT2D eigenvalue weighted by Crippen LogP contribution is -2.43. The highest BCUT2D eigenvalue weighted by molar-refractivity contribution is 6.04. The van der Waals surface area contributed by atoms with E-state index in [-0.39, 0.29) is 29.8 Å². The highest BCUT2D eigenvalue weighted by Crippen LogP contribution is 2.35. The Kier molecular flexibility index (Phi) is 2.33. The lowest BCUT2D eigenvalue weighted by Gasteiger charge is -2.35. The minimum absolute atomic E-state index is 0.0267. The van der Waals surface area contributed by atoms with Crippen LogP contribution < -0.4 is 0 Å². The largest absolute Gasteiger partial charge is 0.459 e. The maximum Gasteiger partial charge on any atom is 0.340 e. The molecule has 110 valence electrons. The van der Waals surface area contributed by atoms with E-state index in [1.54, 1.807) is 0 Å². The van der Waals surface area contributed by atoms with Crippen molar-refractivity contribution in [1.29, 1.82) is 0 Å². The van der Waals surface area contributed by atoms with E-state index in [1.807, 2.05) is 0 Å². The molecule has 2 saturated heterocycles. The van der Waals surface area contributed by atoms with Gasteiger partial charge in [0.15, 0.2) is 0 Å². The first-order valence-corrected chi connectivity index (χ1v) is 7.46. The molecule has 1 N–H and O–H groups in total. The monoisotopic (exact) mass is 287 g/mol. The number of benzene rings is 1. The van der Waals surface area contributed by atoms with E-state index in [4.69, 9.17) is 8.85 Å². The second-order valence-corrected chi connectivity index (χ2v) is 6.08. The van der Waals surface area contributed by atoms with Gasteiger partial charge < -0.3 is 14.6 Å². The van der Waals surface area contributed by atoms with E-state index in [0.717, 1.165) is 25.7 Å². The molecule has 0 saturated carbocycles. The number of para-hydroxylation sites is 1. The zero-order valence-corrected chi connectivity index (χ0v) is 12.0. The number of aromatic nitrogens is 1. The van der Waals surface area contributed by atoms with Crippen LogP contribution in [0.15, 0.2) is 30.4 Å². The number of aromatic amines is 1. The molecule has 4 rings (SSSR count). The molecule has 4 heteroatoms. The van der Waals surface area contributed by atoms with E-state index in [9.17, 15) is 4.79 Å². The summed E-state index contributed by atoms with van der Waals surface area (Å²) >= 11 is 0. The molecule has 1 unspecified atom stereocenters. The molecule has 4 nitrogen and oxygen atoms in total. The second-order valence-electron chi connectivity index (χ2n) is 6.08. The van der Waals surface area contributed by atoms with E-state index in [1.165, 1.54) is 12.3 Å². The Labute approximate surface area is 128 Å². The molecule has 2 bridgehead atoms. The van der Waals surface area contributed by atoms with Crippen LogP contribution in [0.1, 0.15) is 40.2 Å². The van der Waals surface area contributed by atoms with Gasteiger partial charge in [0.05, 0.1) is 9.68 Å². The summed E-state index contributed by atoms with van der Waals surface area (Å²) in [5.41, 5.74) is 0.811. The maximum absolute atomic E-state index is 12.6. The van der Waals surface area contributed by atoms with Crippen LogP contribution in [0.4, 0.5) is 0 Å². The normalized spacial score (nSPS) is 30.9. The quantitative estimate of drug-likeness (QED) is 0.864. The fourth-order valence-corrected chi connectivity index (χ4v) is 3.73. The van der Waals surface area contributed by atoms with Crippen molar-refractivity contribution in [2.75, 3.05) is 7.05 Å². The SMILES string of the molecule is [2H]c1cc2[nH]cc(C(=O)OC3C[C@H]4CC[C@@H](C3)N4C)c2c([2H])c1[2H]. The van der Waals surface area contributed by atoms with Crippen molar-refractivity contribution in [2.24, 2.45) is 0 Å². The summed E-state index contributed by atoms with van der Waals surface area (Å²) in [5, 5.41) is 0.372. The van der Waals surface area contributed by atoms with Crippen molar-refractivity contribution in [1.82, 2.24) is 9.88 Å². The molecule has 2 aliphatic heterocycles. The van der Waals surface area contributed by atoms with Crippen molar-refractivity contribution in [3.05, 3.63) is 36.0 Å². The number of esters is 1. The summed E-state index contributed by atoms with van der Waals surface area (Å²) in [4.78, 5) is 17.9. The topological polar surface area (TPSA) is 45.3 Å². The van der Waals surface area contributed by atoms with Gasteiger partial charge >= 0.3 is 5.97 Å². The number of carbonyl (C=O) groups excluding carboxylic acids is 1. The van der Waals surface area contributed by atoms with Crippen molar-refractivity contribution in [3.8, 4) is 0 Å². The van der Waals surface area contributed by atoms with Crippen LogP contribution in [0.5, 0.6) is 0 Å². The van der Waals surface area contributed by atoms with Crippen LogP contribution in [-0.2, 0) is 4.74 Å². The molecule has 0 radical (unpaired) electrons. The molecule has 3 atom stereocenters. The summed E-state index contributed by atoms with van der Waals surface area (Å²) in [5.74, 6) is -0.444. The zero-order chi connectivity index (χ0) is 17.0. The van der Waals surface area contributed by atoms with Crippen molar-refractivity contribution in [2.45, 2.75) is 43.9 Å². The van der Waals surface area contributed by atoms with Gasteiger partial charge in [0.25, 0.3) is 0 Å². The van der Waals surface area contributed by atoms with Crippen LogP contribution in [-0.4, -0.2) is 41.1 Å². The van der Waals surface area contributed by atoms with Crippen LogP contribution in [0.3, 0.4) is 0 Å². The van der Waals surface area contributed by atoms with Gasteiger partial charge in [-0.3, -0.25) is 0 Å². The number of hydrogen-bond acceptors (Lipinski definition) is 3. The fraction of sp³-hybridized carbons (Fsp3) is 0.471. The van der Waals surface area contributed by atoms with Crippen molar-refractivity contribution < 1.29 is 13.6 Å². The summed E-state index contributed by atoms with van der Waals surface area (Å²) in [6.45, 7) is 0. The van der Waals surface area contributed by atoms with Gasteiger partial charge in [0.2, 0.25) is 0 Å². The lowest BCUT2D eigenvalue weighted by molar-refractivity contribution is -0.000258. The van der Waals surface area contributed by atoms with Crippen molar-refractivity contribution in [3.63, 3.8) is 0 Å². The first-order valence-electron chi connectivity index (χ1n) is 8.96. The van der Waals surface area contributed by atoms with Crippen LogP contribution in [0, 0.1) is 0 Å². The third-order valence-corrected chi connectivity index (χ3v) is 4.94. The van der Waals surface area contributed by atoms with Gasteiger partial charge in [-0.25, -0.2) is 4.79 Å². The van der Waals surface area contributed by atoms with E-state index in [0.29, 0.717) is 23.0 Å². The standard InChI is InChI=1S/C17H20N2O2/c1-19-11-6-7-12(19)9-13(8-11)21-17(20)15-10-18-16-5-3-2-4-14(15)16/h2-5,10-13,18H,6-9H2,1H3/t11-,12+,13?/i2D,3D,4D. The molecule has 2 fully saturated rings. The highest BCUT2D eigenvalue weighted by Gasteiger charge is 2.40. The number of ether oxygens (including phenoxy) is 1. The molecule has 1 aromatic heterocycles. The third kappa shape index (κ3) is 2.14. The summed E-state index contributed by atoms with van der Waals surface area (Å²) in [6.07, 6.45) is 5.47. The number of carbonyl (C=O) groups is 1. The first-order chi connectivity index (χ1) is 11.5. The molecule has 0 aliphatic carbocycles. The third-order valence-electron chi connectivity index (χ3n) is 4.94. The number of nitrogens with one attached hydrogen (secondary N) is 1. The van der Waals surface area contributed by atoms with Gasteiger partial charge in [-0.1, -0.05) is 18.1 Å². The Morgan fingerprint density at radius 3 is 2.90 bits per heavy atom. The molecule has 0 spiro atoms. The lowest BCUT2D eigenvalue weighted by atomic mass is 10.0. The summed E-state index contributed by atoms with van der Waals surface area (Å²) in [7, 11) is 2.14. The van der Waals surface area contributed by atoms with Crippen LogP contribution in [0.2, 0.25) is 0 Å². The van der Waals surface area contributed by atoms with Crippen molar-refractivity contribution >= 4 is 16.9 Å². The fourth-order valence-electron chi connectivity index (χ4n) is 3.73. The number of hydrogen-bond donors (Lipinski definition) is 1. The molecule has 1 aromatic carbocycles. The average Bonchev–Trinajstić information content (AvgIpc) is 3.03. The predicted molar refractivity (Wildman–Crippen MR) is 81.3 cm³/mol. The molecular formula is C17H20N2O2. The molecule has 21 heavy (non-hydrogen) atoms. The van der Waals surface area contributed by atoms with Gasteiger partial charge in [-0.2, -0.15) is 0 Å². The number of fused-ring (bicyclic) bond motifs is 3. The summed E-state index contributed by atoms with van der Waals surface area (Å²) < 4.78 is 29.3. The second kappa shape index (κ2) is 4.88. The highest BCUT2D eigenvalue weighted by atomic mass is 16.5. The van der Waals surface area contributed by atoms with Gasteiger partial charge in [0.1, 0.15) is 6.10 Å². The number of H-pyrrole nitrogens is 1. The number of nitrogens with zero attached hydrogens (tertiary/aromatic N) is 1. The molecule has 0 amide bonds. The zero-order valence-electron chi connectivity index (χ0n) is 15.0. The Balaban J connectivity index is 1.59. The van der Waals surface area contributed by atoms with E-state index >= 15 is 0 Å². The molecular weight excluding hydrogens is 264 g/mol. The molecule has 2 aromatic rings. The first kappa shape index (κ1) is 10.0. The van der Waals surface area contributed by atoms with Gasteiger partial charge in [-0.15, -0.1) is 0 Å². The number of rotatable bonds is 2. The average molecular weight is 287 g/mol. The minimum Gasteiger partial charge on any atom is -0.459 e. The number of piperidine rings is 1. The minimum atomic E-state index is -0.444. The van der Waals surface area contributed by atoms with Gasteiger partial charge in [0, 0.05) is 42.0 Å². The van der Waals surface area contributed by atoms with Gasteiger partial charge in [-0.05, 0) is 26.0 Å². The van der Waals surface area contributed by atoms with E-state index < -0.39 is 5.97 Å². The maximum atomic E-state index is 12.6. The molecule has 3 heterocycles. The smallest absolute Gasteiger partial charge is 0.340 e.